The minimum Gasteiger partial charge on any atom is -0.392 e. The van der Waals surface area contributed by atoms with E-state index in [0.29, 0.717) is 11.3 Å². The molecule has 0 radical (unpaired) electrons. The summed E-state index contributed by atoms with van der Waals surface area (Å²) in [4.78, 5) is 12.2. The number of carbonyl (C=O) groups excluding carboxylic acids is 1. The highest BCUT2D eigenvalue weighted by atomic mass is 16.3. The van der Waals surface area contributed by atoms with E-state index >= 15 is 0 Å². The first-order chi connectivity index (χ1) is 14.6. The Morgan fingerprint density at radius 1 is 1.00 bits per heavy atom. The molecular formula is C29H48O2. The Morgan fingerprint density at radius 3 is 2.42 bits per heavy atom. The van der Waals surface area contributed by atoms with E-state index in [0.717, 1.165) is 49.2 Å². The largest absolute Gasteiger partial charge is 0.392 e. The first-order valence-corrected chi connectivity index (χ1v) is 13.4. The zero-order chi connectivity index (χ0) is 22.6. The van der Waals surface area contributed by atoms with E-state index in [1.807, 2.05) is 6.92 Å². The third-order valence-electron chi connectivity index (χ3n) is 11.1. The molecule has 0 aromatic carbocycles. The molecule has 31 heavy (non-hydrogen) atoms. The average Bonchev–Trinajstić information content (AvgIpc) is 3.08. The van der Waals surface area contributed by atoms with Crippen LogP contribution >= 0.6 is 0 Å². The van der Waals surface area contributed by atoms with Gasteiger partial charge in [-0.25, -0.2) is 0 Å². The van der Waals surface area contributed by atoms with Crippen molar-refractivity contribution < 1.29 is 9.90 Å². The Hall–Kier alpha value is -0.630. The summed E-state index contributed by atoms with van der Waals surface area (Å²) in [6.45, 7) is 14.4. The minimum absolute atomic E-state index is 0.116. The van der Waals surface area contributed by atoms with Crippen LogP contribution in [0.1, 0.15) is 112 Å². The second-order valence-corrected chi connectivity index (χ2v) is 13.1. The van der Waals surface area contributed by atoms with Gasteiger partial charge < -0.3 is 9.90 Å². The molecule has 0 bridgehead atoms. The molecule has 1 N–H and O–H groups in total. The fraction of sp³-hybridized carbons (Fsp3) is 0.897. The van der Waals surface area contributed by atoms with Gasteiger partial charge in [-0.2, -0.15) is 0 Å². The molecule has 4 aliphatic carbocycles. The normalized spacial score (nSPS) is 45.8. The van der Waals surface area contributed by atoms with Gasteiger partial charge in [-0.05, 0) is 91.8 Å². The second kappa shape index (κ2) is 8.30. The summed E-state index contributed by atoms with van der Waals surface area (Å²) in [5.41, 5.74) is 3.54. The van der Waals surface area contributed by atoms with E-state index in [2.05, 4.69) is 34.6 Å². The van der Waals surface area contributed by atoms with Gasteiger partial charge in [-0.3, -0.25) is 0 Å². The molecule has 4 aliphatic rings. The van der Waals surface area contributed by atoms with E-state index in [4.69, 9.17) is 0 Å². The monoisotopic (exact) mass is 428 g/mol. The molecule has 2 saturated carbocycles. The predicted molar refractivity (Wildman–Crippen MR) is 129 cm³/mol. The topological polar surface area (TPSA) is 37.3 Å². The number of carbonyl (C=O) groups is 1. The predicted octanol–water partition coefficient (Wildman–Crippen LogP) is 7.35. The standard InChI is InChI=1S/C29H48O2/c1-19(2)8-7-9-20(3)22-11-12-23-21-10-13-25-28(5,24(21)14-16-27(22,23)4)17-15-26(31)29(25,6)18-30/h18-20,22-23,25-26,31H,7-17H2,1-6H3. The number of aliphatic hydroxyl groups excluding tert-OH is 1. The van der Waals surface area contributed by atoms with Crippen molar-refractivity contribution in [2.45, 2.75) is 118 Å². The molecule has 2 nitrogen and oxygen atoms in total. The number of hydrogen-bond donors (Lipinski definition) is 1. The van der Waals surface area contributed by atoms with Crippen LogP contribution in [0.5, 0.6) is 0 Å². The third-order valence-corrected chi connectivity index (χ3v) is 11.1. The number of aldehydes is 1. The lowest BCUT2D eigenvalue weighted by Crippen LogP contribution is -2.55. The number of allylic oxidation sites excluding steroid dienone is 2. The van der Waals surface area contributed by atoms with Crippen molar-refractivity contribution in [2.75, 3.05) is 0 Å². The summed E-state index contributed by atoms with van der Waals surface area (Å²) in [6, 6.07) is 0. The number of hydrogen-bond acceptors (Lipinski definition) is 2. The maximum atomic E-state index is 12.2. The first-order valence-electron chi connectivity index (χ1n) is 13.4. The highest BCUT2D eigenvalue weighted by molar-refractivity contribution is 5.62. The van der Waals surface area contributed by atoms with Crippen LogP contribution in [-0.4, -0.2) is 17.5 Å². The Bertz CT molecular complexity index is 722. The van der Waals surface area contributed by atoms with Crippen molar-refractivity contribution in [3.8, 4) is 0 Å². The van der Waals surface area contributed by atoms with Crippen molar-refractivity contribution in [3.05, 3.63) is 11.1 Å². The van der Waals surface area contributed by atoms with Crippen LogP contribution in [0, 0.1) is 45.8 Å². The van der Waals surface area contributed by atoms with E-state index in [-0.39, 0.29) is 5.41 Å². The molecular weight excluding hydrogens is 380 g/mol. The Balaban J connectivity index is 1.58. The smallest absolute Gasteiger partial charge is 0.128 e. The van der Waals surface area contributed by atoms with Gasteiger partial charge in [-0.15, -0.1) is 0 Å². The molecule has 0 saturated heterocycles. The molecule has 0 aromatic heterocycles. The van der Waals surface area contributed by atoms with Crippen molar-refractivity contribution in [3.63, 3.8) is 0 Å². The van der Waals surface area contributed by atoms with Crippen molar-refractivity contribution >= 4 is 6.29 Å². The fourth-order valence-corrected chi connectivity index (χ4v) is 9.21. The quantitative estimate of drug-likeness (QED) is 0.355. The van der Waals surface area contributed by atoms with Crippen molar-refractivity contribution in [2.24, 2.45) is 45.8 Å². The Labute approximate surface area is 191 Å². The molecule has 2 heteroatoms. The SMILES string of the molecule is CC(C)CCCC(C)C1CCC2C3=C(CCC21C)C1(C)CCC(O)C(C)(C=O)C1CC3. The number of rotatable bonds is 6. The lowest BCUT2D eigenvalue weighted by molar-refractivity contribution is -0.142. The van der Waals surface area contributed by atoms with Gasteiger partial charge in [-0.1, -0.05) is 72.0 Å². The summed E-state index contributed by atoms with van der Waals surface area (Å²) in [5, 5.41) is 10.7. The van der Waals surface area contributed by atoms with Gasteiger partial charge in [0, 0.05) is 0 Å². The molecule has 0 amide bonds. The number of aliphatic hydroxyl groups is 1. The van der Waals surface area contributed by atoms with Gasteiger partial charge in [0.15, 0.2) is 0 Å². The summed E-state index contributed by atoms with van der Waals surface area (Å²) in [7, 11) is 0. The molecule has 8 unspecified atom stereocenters. The molecule has 176 valence electrons. The average molecular weight is 429 g/mol. The minimum atomic E-state index is -0.574. The highest BCUT2D eigenvalue weighted by Gasteiger charge is 2.60. The van der Waals surface area contributed by atoms with Gasteiger partial charge >= 0.3 is 0 Å². The summed E-state index contributed by atoms with van der Waals surface area (Å²) in [6.07, 6.45) is 14.2. The van der Waals surface area contributed by atoms with Gasteiger partial charge in [0.25, 0.3) is 0 Å². The molecule has 0 aliphatic heterocycles. The van der Waals surface area contributed by atoms with Crippen molar-refractivity contribution in [1.82, 2.24) is 0 Å². The Morgan fingerprint density at radius 2 is 1.74 bits per heavy atom. The van der Waals surface area contributed by atoms with Gasteiger partial charge in [0.1, 0.15) is 6.29 Å². The van der Waals surface area contributed by atoms with E-state index in [1.54, 1.807) is 11.1 Å². The summed E-state index contributed by atoms with van der Waals surface area (Å²) in [5.74, 6) is 3.60. The lowest BCUT2D eigenvalue weighted by atomic mass is 9.45. The van der Waals surface area contributed by atoms with Crippen LogP contribution in [0.25, 0.3) is 0 Å². The third kappa shape index (κ3) is 3.58. The first kappa shape index (κ1) is 23.5. The van der Waals surface area contributed by atoms with E-state index < -0.39 is 11.5 Å². The van der Waals surface area contributed by atoms with Crippen LogP contribution in [0.3, 0.4) is 0 Å². The van der Waals surface area contributed by atoms with Crippen LogP contribution in [0.2, 0.25) is 0 Å². The maximum Gasteiger partial charge on any atom is 0.128 e. The Kier molecular flexibility index (Phi) is 6.30. The lowest BCUT2D eigenvalue weighted by Gasteiger charge is -2.59. The van der Waals surface area contributed by atoms with Gasteiger partial charge in [0.05, 0.1) is 11.5 Å². The zero-order valence-corrected chi connectivity index (χ0v) is 21.2. The van der Waals surface area contributed by atoms with E-state index in [9.17, 15) is 9.90 Å². The maximum absolute atomic E-state index is 12.2. The molecule has 0 aromatic rings. The molecule has 0 spiro atoms. The second-order valence-electron chi connectivity index (χ2n) is 13.1. The summed E-state index contributed by atoms with van der Waals surface area (Å²) < 4.78 is 0. The summed E-state index contributed by atoms with van der Waals surface area (Å²) >= 11 is 0. The zero-order valence-electron chi connectivity index (χ0n) is 21.2. The fourth-order valence-electron chi connectivity index (χ4n) is 9.21. The highest BCUT2D eigenvalue weighted by Crippen LogP contribution is 2.67. The van der Waals surface area contributed by atoms with Crippen LogP contribution in [0.15, 0.2) is 11.1 Å². The van der Waals surface area contributed by atoms with E-state index in [1.165, 1.54) is 51.4 Å². The number of fused-ring (bicyclic) bond motifs is 4. The van der Waals surface area contributed by atoms with Crippen LogP contribution in [0.4, 0.5) is 0 Å². The molecule has 4 rings (SSSR count). The molecule has 8 atom stereocenters. The van der Waals surface area contributed by atoms with Crippen LogP contribution in [-0.2, 0) is 4.79 Å². The molecule has 0 heterocycles. The van der Waals surface area contributed by atoms with Crippen LogP contribution < -0.4 is 0 Å². The van der Waals surface area contributed by atoms with Crippen molar-refractivity contribution in [1.29, 1.82) is 0 Å². The molecule has 2 fully saturated rings. The van der Waals surface area contributed by atoms with Gasteiger partial charge in [0.2, 0.25) is 0 Å².